The van der Waals surface area contributed by atoms with Gasteiger partial charge in [0, 0.05) is 36.8 Å². The predicted molar refractivity (Wildman–Crippen MR) is 83.3 cm³/mol. The van der Waals surface area contributed by atoms with Gasteiger partial charge in [0.25, 0.3) is 0 Å². The first-order valence-electron chi connectivity index (χ1n) is 7.00. The molecule has 0 atom stereocenters. The smallest absolute Gasteiger partial charge is 0.352 e. The molecule has 0 amide bonds. The number of benzene rings is 1. The Bertz CT molecular complexity index is 809. The summed E-state index contributed by atoms with van der Waals surface area (Å²) in [6, 6.07) is 13.0. The van der Waals surface area contributed by atoms with E-state index in [1.165, 1.54) is 0 Å². The summed E-state index contributed by atoms with van der Waals surface area (Å²) in [5.74, 6) is -0.210. The first-order valence-corrected chi connectivity index (χ1v) is 7.00. The third-order valence-electron chi connectivity index (χ3n) is 3.59. The molecule has 5 nitrogen and oxygen atoms in total. The Balaban J connectivity index is 1.74. The number of pyridine rings is 1. The highest BCUT2D eigenvalue weighted by Crippen LogP contribution is 2.24. The van der Waals surface area contributed by atoms with Gasteiger partial charge in [0.15, 0.2) is 0 Å². The average molecular weight is 296 g/mol. The second-order valence-electron chi connectivity index (χ2n) is 5.03. The van der Waals surface area contributed by atoms with E-state index >= 15 is 0 Å². The third-order valence-corrected chi connectivity index (χ3v) is 3.59. The molecule has 3 rings (SSSR count). The van der Waals surface area contributed by atoms with Crippen molar-refractivity contribution >= 4 is 16.9 Å². The van der Waals surface area contributed by atoms with Crippen LogP contribution in [0.4, 0.5) is 0 Å². The lowest BCUT2D eigenvalue weighted by Gasteiger charge is -2.07. The van der Waals surface area contributed by atoms with Crippen LogP contribution in [0.25, 0.3) is 10.9 Å². The van der Waals surface area contributed by atoms with Crippen molar-refractivity contribution in [2.24, 2.45) is 7.05 Å². The second kappa shape index (κ2) is 5.89. The van der Waals surface area contributed by atoms with Crippen LogP contribution >= 0.6 is 0 Å². The molecule has 0 radical (unpaired) electrons. The molecule has 2 aromatic heterocycles. The molecule has 0 aliphatic carbocycles. The Morgan fingerprint density at radius 3 is 2.86 bits per heavy atom. The number of ether oxygens (including phenoxy) is 1. The van der Waals surface area contributed by atoms with E-state index in [1.54, 1.807) is 23.9 Å². The molecule has 0 unspecified atom stereocenters. The van der Waals surface area contributed by atoms with Crippen LogP contribution < -0.4 is 4.74 Å². The number of aryl methyl sites for hydroxylation is 1. The zero-order valence-corrected chi connectivity index (χ0v) is 12.2. The molecule has 112 valence electrons. The Kier molecular flexibility index (Phi) is 3.78. The number of nitrogens with zero attached hydrogens (tertiary/aromatic N) is 2. The largest absolute Gasteiger partial charge is 0.493 e. The summed E-state index contributed by atoms with van der Waals surface area (Å²) in [6.07, 6.45) is 2.49. The maximum atomic E-state index is 11.1. The first kappa shape index (κ1) is 14.1. The summed E-state index contributed by atoms with van der Waals surface area (Å²) in [5.41, 5.74) is 2.09. The molecule has 22 heavy (non-hydrogen) atoms. The van der Waals surface area contributed by atoms with E-state index in [0.29, 0.717) is 6.61 Å². The number of aromatic nitrogens is 2. The van der Waals surface area contributed by atoms with Crippen molar-refractivity contribution < 1.29 is 14.6 Å². The predicted octanol–water partition coefficient (Wildman–Crippen LogP) is 2.89. The van der Waals surface area contributed by atoms with Crippen LogP contribution in [0.15, 0.2) is 48.7 Å². The van der Waals surface area contributed by atoms with Gasteiger partial charge in [0.1, 0.15) is 11.4 Å². The van der Waals surface area contributed by atoms with Gasteiger partial charge in [0.05, 0.1) is 12.1 Å². The minimum atomic E-state index is -0.934. The van der Waals surface area contributed by atoms with Crippen molar-refractivity contribution in [3.05, 3.63) is 60.0 Å². The molecule has 0 aliphatic rings. The fourth-order valence-electron chi connectivity index (χ4n) is 2.42. The highest BCUT2D eigenvalue weighted by Gasteiger charge is 2.12. The van der Waals surface area contributed by atoms with Crippen LogP contribution in [0.5, 0.6) is 5.75 Å². The molecular weight excluding hydrogens is 280 g/mol. The summed E-state index contributed by atoms with van der Waals surface area (Å²) in [5, 5.41) is 10.0. The number of aromatic carboxylic acids is 1. The van der Waals surface area contributed by atoms with E-state index in [4.69, 9.17) is 9.84 Å². The van der Waals surface area contributed by atoms with Crippen molar-refractivity contribution in [2.45, 2.75) is 6.42 Å². The molecular formula is C17H16N2O3. The molecule has 0 bridgehead atoms. The van der Waals surface area contributed by atoms with Crippen molar-refractivity contribution in [1.82, 2.24) is 9.55 Å². The van der Waals surface area contributed by atoms with Gasteiger partial charge in [-0.1, -0.05) is 6.07 Å². The average Bonchev–Trinajstić information content (AvgIpc) is 2.86. The summed E-state index contributed by atoms with van der Waals surface area (Å²) < 4.78 is 7.40. The minimum absolute atomic E-state index is 0.264. The second-order valence-corrected chi connectivity index (χ2v) is 5.03. The van der Waals surface area contributed by atoms with Gasteiger partial charge >= 0.3 is 5.97 Å². The number of carbonyl (C=O) groups is 1. The quantitative estimate of drug-likeness (QED) is 0.786. The lowest BCUT2D eigenvalue weighted by atomic mass is 10.2. The molecule has 2 heterocycles. The van der Waals surface area contributed by atoms with Gasteiger partial charge in [-0.3, -0.25) is 4.98 Å². The summed E-state index contributed by atoms with van der Waals surface area (Å²) >= 11 is 0. The number of rotatable bonds is 5. The van der Waals surface area contributed by atoms with E-state index in [-0.39, 0.29) is 5.69 Å². The third kappa shape index (κ3) is 2.79. The van der Waals surface area contributed by atoms with Crippen LogP contribution in [0.1, 0.15) is 16.2 Å². The van der Waals surface area contributed by atoms with Gasteiger partial charge in [0.2, 0.25) is 0 Å². The molecule has 0 saturated carbocycles. The number of carboxylic acids is 1. The topological polar surface area (TPSA) is 64.4 Å². The molecule has 0 spiro atoms. The van der Waals surface area contributed by atoms with E-state index in [2.05, 4.69) is 4.98 Å². The van der Waals surface area contributed by atoms with Crippen LogP contribution in [-0.4, -0.2) is 27.2 Å². The van der Waals surface area contributed by atoms with E-state index in [0.717, 1.165) is 28.8 Å². The SMILES string of the molecule is Cn1c(C(=O)O)cc2ccc(OCCc3ccccn3)cc21. The lowest BCUT2D eigenvalue weighted by Crippen LogP contribution is -2.04. The zero-order chi connectivity index (χ0) is 15.5. The lowest BCUT2D eigenvalue weighted by molar-refractivity contribution is 0.0687. The Morgan fingerprint density at radius 1 is 1.27 bits per heavy atom. The Hall–Kier alpha value is -2.82. The molecule has 0 fully saturated rings. The molecule has 1 aromatic carbocycles. The number of fused-ring (bicyclic) bond motifs is 1. The van der Waals surface area contributed by atoms with E-state index in [1.807, 2.05) is 36.4 Å². The number of hydrogen-bond acceptors (Lipinski definition) is 3. The maximum Gasteiger partial charge on any atom is 0.352 e. The molecule has 0 aliphatic heterocycles. The van der Waals surface area contributed by atoms with Gasteiger partial charge in [-0.05, 0) is 30.3 Å². The fraction of sp³-hybridized carbons (Fsp3) is 0.176. The fourth-order valence-corrected chi connectivity index (χ4v) is 2.42. The summed E-state index contributed by atoms with van der Waals surface area (Å²) in [4.78, 5) is 15.4. The highest BCUT2D eigenvalue weighted by molar-refractivity contribution is 5.94. The zero-order valence-electron chi connectivity index (χ0n) is 12.2. The van der Waals surface area contributed by atoms with Gasteiger partial charge < -0.3 is 14.4 Å². The number of hydrogen-bond donors (Lipinski definition) is 1. The van der Waals surface area contributed by atoms with Crippen LogP contribution in [0.2, 0.25) is 0 Å². The Labute approximate surface area is 127 Å². The maximum absolute atomic E-state index is 11.1. The van der Waals surface area contributed by atoms with Crippen molar-refractivity contribution in [1.29, 1.82) is 0 Å². The summed E-state index contributed by atoms with van der Waals surface area (Å²) in [7, 11) is 1.74. The van der Waals surface area contributed by atoms with E-state index < -0.39 is 5.97 Å². The van der Waals surface area contributed by atoms with E-state index in [9.17, 15) is 4.79 Å². The first-order chi connectivity index (χ1) is 10.6. The van der Waals surface area contributed by atoms with Crippen LogP contribution in [0, 0.1) is 0 Å². The van der Waals surface area contributed by atoms with Crippen molar-refractivity contribution in [3.8, 4) is 5.75 Å². The monoisotopic (exact) mass is 296 g/mol. The van der Waals surface area contributed by atoms with Crippen molar-refractivity contribution in [3.63, 3.8) is 0 Å². The van der Waals surface area contributed by atoms with Gasteiger partial charge in [-0.25, -0.2) is 4.79 Å². The minimum Gasteiger partial charge on any atom is -0.493 e. The molecule has 3 aromatic rings. The van der Waals surface area contributed by atoms with Crippen LogP contribution in [0.3, 0.4) is 0 Å². The molecule has 5 heteroatoms. The highest BCUT2D eigenvalue weighted by atomic mass is 16.5. The number of carboxylic acid groups (broad SMARTS) is 1. The summed E-state index contributed by atoms with van der Waals surface area (Å²) in [6.45, 7) is 0.527. The Morgan fingerprint density at radius 2 is 2.14 bits per heavy atom. The van der Waals surface area contributed by atoms with Gasteiger partial charge in [-0.2, -0.15) is 0 Å². The standard InChI is InChI=1S/C17H16N2O3/c1-19-15-11-14(6-5-12(15)10-16(19)17(20)21)22-9-7-13-4-2-3-8-18-13/h2-6,8,10-11H,7,9H2,1H3,(H,20,21). The molecule has 1 N–H and O–H groups in total. The van der Waals surface area contributed by atoms with Gasteiger partial charge in [-0.15, -0.1) is 0 Å². The van der Waals surface area contributed by atoms with Crippen molar-refractivity contribution in [2.75, 3.05) is 6.61 Å². The molecule has 0 saturated heterocycles. The van der Waals surface area contributed by atoms with Crippen LogP contribution in [-0.2, 0) is 13.5 Å². The normalized spacial score (nSPS) is 10.8.